The van der Waals surface area contributed by atoms with Crippen LogP contribution in [0.15, 0.2) is 64.4 Å². The molecule has 0 bridgehead atoms. The molecular weight excluding hydrogens is 525 g/mol. The van der Waals surface area contributed by atoms with Crippen molar-refractivity contribution in [3.63, 3.8) is 0 Å². The Kier molecular flexibility index (Phi) is 7.40. The summed E-state index contributed by atoms with van der Waals surface area (Å²) >= 11 is 4.30. The third-order valence-electron chi connectivity index (χ3n) is 5.88. The first-order chi connectivity index (χ1) is 18.0. The number of rotatable bonds is 8. The number of nitrogens with zero attached hydrogens (tertiary/aromatic N) is 3. The summed E-state index contributed by atoms with van der Waals surface area (Å²) in [5.41, 5.74) is 4.15. The zero-order valence-corrected chi connectivity index (χ0v) is 22.9. The molecule has 37 heavy (non-hydrogen) atoms. The highest BCUT2D eigenvalue weighted by Gasteiger charge is 2.23. The van der Waals surface area contributed by atoms with Crippen LogP contribution < -0.4 is 5.32 Å². The molecule has 10 heteroatoms. The van der Waals surface area contributed by atoms with Gasteiger partial charge in [-0.05, 0) is 25.5 Å². The number of hydrogen-bond acceptors (Lipinski definition) is 8. The van der Waals surface area contributed by atoms with Crippen molar-refractivity contribution in [3.05, 3.63) is 70.4 Å². The number of amides is 1. The Morgan fingerprint density at radius 1 is 1.03 bits per heavy atom. The lowest BCUT2D eigenvalue weighted by Crippen LogP contribution is -2.16. The normalized spacial score (nSPS) is 11.1. The van der Waals surface area contributed by atoms with E-state index in [4.69, 9.17) is 4.74 Å². The molecule has 0 aliphatic carbocycles. The fourth-order valence-corrected chi connectivity index (χ4v) is 6.74. The van der Waals surface area contributed by atoms with Gasteiger partial charge >= 0.3 is 5.97 Å². The van der Waals surface area contributed by atoms with Gasteiger partial charge in [0.15, 0.2) is 11.0 Å². The van der Waals surface area contributed by atoms with E-state index in [1.807, 2.05) is 60.2 Å². The molecule has 2 aromatic carbocycles. The Hall–Kier alpha value is -3.47. The topological polar surface area (TPSA) is 86.1 Å². The van der Waals surface area contributed by atoms with Crippen LogP contribution in [-0.2, 0) is 16.1 Å². The van der Waals surface area contributed by atoms with Crippen molar-refractivity contribution in [1.82, 2.24) is 14.8 Å². The number of carbonyl (C=O) groups excluding carboxylic acids is 2. The Balaban J connectivity index is 1.34. The maximum Gasteiger partial charge on any atom is 0.341 e. The lowest BCUT2D eigenvalue weighted by molar-refractivity contribution is -0.113. The number of benzene rings is 2. The van der Waals surface area contributed by atoms with Gasteiger partial charge in [0.25, 0.3) is 0 Å². The lowest BCUT2D eigenvalue weighted by atomic mass is 10.0. The zero-order chi connectivity index (χ0) is 25.9. The third kappa shape index (κ3) is 5.04. The predicted molar refractivity (Wildman–Crippen MR) is 152 cm³/mol. The monoisotopic (exact) mass is 548 g/mol. The number of hydrogen-bond donors (Lipinski definition) is 1. The zero-order valence-electron chi connectivity index (χ0n) is 20.5. The minimum Gasteiger partial charge on any atom is -0.465 e. The van der Waals surface area contributed by atoms with Crippen molar-refractivity contribution in [1.29, 1.82) is 0 Å². The summed E-state index contributed by atoms with van der Waals surface area (Å²) in [4.78, 5) is 25.5. The molecular formula is C27H24N4O3S3. The molecule has 0 unspecified atom stereocenters. The van der Waals surface area contributed by atoms with Gasteiger partial charge in [0.05, 0.1) is 12.9 Å². The van der Waals surface area contributed by atoms with Crippen LogP contribution in [-0.4, -0.2) is 39.5 Å². The number of carbonyl (C=O) groups is 2. The molecule has 0 spiro atoms. The molecule has 0 atom stereocenters. The van der Waals surface area contributed by atoms with E-state index in [2.05, 4.69) is 33.0 Å². The van der Waals surface area contributed by atoms with Crippen molar-refractivity contribution in [2.45, 2.75) is 25.5 Å². The molecule has 188 valence electrons. The lowest BCUT2D eigenvalue weighted by Gasteiger charge is -2.09. The minimum absolute atomic E-state index is 0.126. The van der Waals surface area contributed by atoms with E-state index in [9.17, 15) is 9.59 Å². The third-order valence-corrected chi connectivity index (χ3v) is 8.71. The number of aryl methyl sites for hydroxylation is 1. The molecule has 3 aromatic heterocycles. The van der Waals surface area contributed by atoms with E-state index in [0.29, 0.717) is 22.3 Å². The van der Waals surface area contributed by atoms with Crippen molar-refractivity contribution >= 4 is 61.4 Å². The van der Waals surface area contributed by atoms with Crippen LogP contribution in [0.1, 0.15) is 22.8 Å². The van der Waals surface area contributed by atoms with Gasteiger partial charge in [0.2, 0.25) is 5.91 Å². The summed E-state index contributed by atoms with van der Waals surface area (Å²) in [5, 5.41) is 17.9. The second-order valence-corrected chi connectivity index (χ2v) is 11.0. The molecule has 0 aliphatic heterocycles. The molecule has 3 heterocycles. The number of aromatic nitrogens is 3. The molecule has 0 saturated heterocycles. The predicted octanol–water partition coefficient (Wildman–Crippen LogP) is 6.73. The number of nitrogens with one attached hydrogen (secondary N) is 1. The standard InChI is InChI=1S/C27H24N4O3S3/c1-4-31-24(20-14-35-21-8-6-5-7-18(20)21)29-30-27(31)37-15-22(32)28-25-23(26(33)34-3)19(13-36-25)17-11-9-16(2)10-12-17/h5-14H,4,15H2,1-3H3,(H,28,32). The fourth-order valence-electron chi connectivity index (χ4n) is 4.02. The quantitative estimate of drug-likeness (QED) is 0.171. The number of ether oxygens (including phenoxy) is 1. The van der Waals surface area contributed by atoms with E-state index in [1.165, 1.54) is 34.9 Å². The number of thiophene rings is 2. The van der Waals surface area contributed by atoms with Gasteiger partial charge in [-0.3, -0.25) is 4.79 Å². The Labute approximate surface area is 226 Å². The van der Waals surface area contributed by atoms with Crippen molar-refractivity contribution in [2.24, 2.45) is 0 Å². The van der Waals surface area contributed by atoms with Crippen molar-refractivity contribution in [2.75, 3.05) is 18.2 Å². The van der Waals surface area contributed by atoms with Gasteiger partial charge in [-0.1, -0.05) is 59.8 Å². The van der Waals surface area contributed by atoms with E-state index >= 15 is 0 Å². The van der Waals surface area contributed by atoms with Gasteiger partial charge in [-0.2, -0.15) is 0 Å². The van der Waals surface area contributed by atoms with Crippen LogP contribution >= 0.6 is 34.4 Å². The van der Waals surface area contributed by atoms with Gasteiger partial charge in [0.1, 0.15) is 10.6 Å². The first-order valence-corrected chi connectivity index (χ1v) is 14.3. The molecule has 7 nitrogen and oxygen atoms in total. The Bertz CT molecular complexity index is 1580. The largest absolute Gasteiger partial charge is 0.465 e. The maximum atomic E-state index is 12.9. The van der Waals surface area contributed by atoms with Crippen molar-refractivity contribution < 1.29 is 14.3 Å². The number of thioether (sulfide) groups is 1. The maximum absolute atomic E-state index is 12.9. The number of anilines is 1. The van der Waals surface area contributed by atoms with Crippen LogP contribution in [0.5, 0.6) is 0 Å². The number of fused-ring (bicyclic) bond motifs is 1. The molecule has 1 amide bonds. The smallest absolute Gasteiger partial charge is 0.341 e. The Morgan fingerprint density at radius 3 is 2.54 bits per heavy atom. The number of methoxy groups -OCH3 is 1. The fraction of sp³-hybridized carbons (Fsp3) is 0.185. The van der Waals surface area contributed by atoms with Gasteiger partial charge in [0, 0.05) is 38.5 Å². The summed E-state index contributed by atoms with van der Waals surface area (Å²) in [6.45, 7) is 4.72. The van der Waals surface area contributed by atoms with Crippen LogP contribution in [0.25, 0.3) is 32.6 Å². The van der Waals surface area contributed by atoms with Crippen LogP contribution in [0.4, 0.5) is 5.00 Å². The van der Waals surface area contributed by atoms with Crippen LogP contribution in [0.2, 0.25) is 0 Å². The number of esters is 1. The molecule has 1 N–H and O–H groups in total. The Morgan fingerprint density at radius 2 is 1.78 bits per heavy atom. The van der Waals surface area contributed by atoms with Gasteiger partial charge < -0.3 is 14.6 Å². The first kappa shape index (κ1) is 25.2. The molecule has 0 fully saturated rings. The molecule has 0 radical (unpaired) electrons. The highest BCUT2D eigenvalue weighted by molar-refractivity contribution is 7.99. The summed E-state index contributed by atoms with van der Waals surface area (Å²) in [5.74, 6) is 0.191. The second-order valence-electron chi connectivity index (χ2n) is 8.24. The average Bonchev–Trinajstić information content (AvgIpc) is 3.63. The molecule has 5 aromatic rings. The SMILES string of the molecule is CCn1c(SCC(=O)Nc2scc(-c3ccc(C)cc3)c2C(=O)OC)nnc1-c1csc2ccccc12. The van der Waals surface area contributed by atoms with E-state index in [1.54, 1.807) is 11.3 Å². The van der Waals surface area contributed by atoms with Crippen LogP contribution in [0.3, 0.4) is 0 Å². The first-order valence-electron chi connectivity index (χ1n) is 11.6. The van der Waals surface area contributed by atoms with E-state index in [0.717, 1.165) is 33.5 Å². The highest BCUT2D eigenvalue weighted by atomic mass is 32.2. The average molecular weight is 549 g/mol. The minimum atomic E-state index is -0.488. The second kappa shape index (κ2) is 10.9. The summed E-state index contributed by atoms with van der Waals surface area (Å²) in [6, 6.07) is 16.1. The van der Waals surface area contributed by atoms with E-state index < -0.39 is 5.97 Å². The van der Waals surface area contributed by atoms with Crippen molar-refractivity contribution in [3.8, 4) is 22.5 Å². The summed E-state index contributed by atoms with van der Waals surface area (Å²) in [6.07, 6.45) is 0. The van der Waals surface area contributed by atoms with Gasteiger partial charge in [-0.15, -0.1) is 32.9 Å². The highest BCUT2D eigenvalue weighted by Crippen LogP contribution is 2.37. The van der Waals surface area contributed by atoms with Gasteiger partial charge in [-0.25, -0.2) is 4.79 Å². The van der Waals surface area contributed by atoms with Crippen LogP contribution in [0, 0.1) is 6.92 Å². The molecule has 0 saturated carbocycles. The summed E-state index contributed by atoms with van der Waals surface area (Å²) in [7, 11) is 1.34. The molecule has 5 rings (SSSR count). The summed E-state index contributed by atoms with van der Waals surface area (Å²) < 4.78 is 8.24. The molecule has 0 aliphatic rings. The van der Waals surface area contributed by atoms with E-state index in [-0.39, 0.29) is 11.7 Å².